The third kappa shape index (κ3) is 4.43. The summed E-state index contributed by atoms with van der Waals surface area (Å²) in [4.78, 5) is 18.0. The van der Waals surface area contributed by atoms with Gasteiger partial charge in [0.1, 0.15) is 6.54 Å². The van der Waals surface area contributed by atoms with E-state index in [-0.39, 0.29) is 12.0 Å². The molecule has 124 valence electrons. The van der Waals surface area contributed by atoms with E-state index >= 15 is 0 Å². The van der Waals surface area contributed by atoms with Crippen LogP contribution in [0, 0.1) is 12.8 Å². The molecule has 0 spiro atoms. The molecule has 1 fully saturated rings. The zero-order valence-corrected chi connectivity index (χ0v) is 12.5. The molecular formula is C13H19F3N4O2. The molecule has 1 unspecified atom stereocenters. The maximum atomic E-state index is 12.1. The number of hydrogen-bond acceptors (Lipinski definition) is 5. The van der Waals surface area contributed by atoms with Gasteiger partial charge < -0.3 is 9.84 Å². The molecule has 0 radical (unpaired) electrons. The molecule has 2 rings (SSSR count). The Kier molecular flexibility index (Phi) is 5.05. The van der Waals surface area contributed by atoms with E-state index in [2.05, 4.69) is 15.0 Å². The second-order valence-corrected chi connectivity index (χ2v) is 5.50. The van der Waals surface area contributed by atoms with Gasteiger partial charge in [-0.15, -0.1) is 0 Å². The van der Waals surface area contributed by atoms with Crippen LogP contribution in [-0.2, 0) is 4.79 Å². The van der Waals surface area contributed by atoms with Gasteiger partial charge in [-0.1, -0.05) is 5.16 Å². The zero-order valence-electron chi connectivity index (χ0n) is 12.5. The van der Waals surface area contributed by atoms with E-state index in [1.165, 1.54) is 0 Å². The Morgan fingerprint density at radius 1 is 1.45 bits per heavy atom. The summed E-state index contributed by atoms with van der Waals surface area (Å²) >= 11 is 0. The highest BCUT2D eigenvalue weighted by Gasteiger charge is 2.32. The van der Waals surface area contributed by atoms with Crippen LogP contribution in [0.1, 0.15) is 37.5 Å². The van der Waals surface area contributed by atoms with Crippen LogP contribution in [0.25, 0.3) is 0 Å². The van der Waals surface area contributed by atoms with Gasteiger partial charge in [-0.05, 0) is 39.8 Å². The lowest BCUT2D eigenvalue weighted by Crippen LogP contribution is -2.43. The maximum Gasteiger partial charge on any atom is 0.405 e. The van der Waals surface area contributed by atoms with E-state index in [0.717, 1.165) is 0 Å². The highest BCUT2D eigenvalue weighted by Crippen LogP contribution is 2.26. The van der Waals surface area contributed by atoms with Crippen LogP contribution in [0.4, 0.5) is 13.2 Å². The Morgan fingerprint density at radius 3 is 2.59 bits per heavy atom. The third-order valence-electron chi connectivity index (χ3n) is 3.81. The lowest BCUT2D eigenvalue weighted by molar-refractivity contribution is -0.141. The van der Waals surface area contributed by atoms with Gasteiger partial charge >= 0.3 is 6.18 Å². The predicted molar refractivity (Wildman–Crippen MR) is 70.8 cm³/mol. The molecule has 1 saturated heterocycles. The molecule has 1 N–H and O–H groups in total. The fourth-order valence-corrected chi connectivity index (χ4v) is 2.52. The molecule has 0 saturated carbocycles. The fourth-order valence-electron chi connectivity index (χ4n) is 2.52. The van der Waals surface area contributed by atoms with E-state index in [4.69, 9.17) is 4.52 Å². The second-order valence-electron chi connectivity index (χ2n) is 5.50. The molecule has 6 nitrogen and oxygen atoms in total. The number of carbonyl (C=O) groups excluding carboxylic acids is 1. The molecule has 0 aromatic carbocycles. The van der Waals surface area contributed by atoms with Crippen LogP contribution >= 0.6 is 0 Å². The number of nitrogens with zero attached hydrogens (tertiary/aromatic N) is 3. The SMILES string of the molecule is Cc1noc(C(C)N2CCC(C(=O)NCC(F)(F)F)CC2)n1. The Labute approximate surface area is 126 Å². The van der Waals surface area contributed by atoms with E-state index < -0.39 is 18.6 Å². The Bertz CT molecular complexity index is 510. The number of carbonyl (C=O) groups is 1. The summed E-state index contributed by atoms with van der Waals surface area (Å²) < 4.78 is 41.4. The van der Waals surface area contributed by atoms with Crippen molar-refractivity contribution >= 4 is 5.91 Å². The van der Waals surface area contributed by atoms with E-state index in [1.807, 2.05) is 12.2 Å². The minimum Gasteiger partial charge on any atom is -0.347 e. The molecule has 1 aliphatic heterocycles. The van der Waals surface area contributed by atoms with Crippen LogP contribution in [0.2, 0.25) is 0 Å². The van der Waals surface area contributed by atoms with Gasteiger partial charge in [0.2, 0.25) is 11.8 Å². The molecule has 0 bridgehead atoms. The first kappa shape index (κ1) is 16.7. The first-order chi connectivity index (χ1) is 10.3. The van der Waals surface area contributed by atoms with Crippen molar-refractivity contribution in [3.63, 3.8) is 0 Å². The summed E-state index contributed by atoms with van der Waals surface area (Å²) in [7, 11) is 0. The number of alkyl halides is 3. The number of aryl methyl sites for hydroxylation is 1. The Morgan fingerprint density at radius 2 is 2.09 bits per heavy atom. The Balaban J connectivity index is 1.81. The number of halogens is 3. The number of likely N-dealkylation sites (tertiary alicyclic amines) is 1. The van der Waals surface area contributed by atoms with Crippen LogP contribution in [0.5, 0.6) is 0 Å². The minimum absolute atomic E-state index is 0.0691. The van der Waals surface area contributed by atoms with E-state index in [0.29, 0.717) is 37.6 Å². The number of rotatable bonds is 4. The smallest absolute Gasteiger partial charge is 0.347 e. The summed E-state index contributed by atoms with van der Waals surface area (Å²) in [5.74, 6) is 0.161. The molecular weight excluding hydrogens is 301 g/mol. The number of nitrogens with one attached hydrogen (secondary N) is 1. The van der Waals surface area contributed by atoms with Gasteiger partial charge in [0.05, 0.1) is 6.04 Å². The van der Waals surface area contributed by atoms with Gasteiger partial charge in [0.25, 0.3) is 0 Å². The molecule has 1 aromatic heterocycles. The lowest BCUT2D eigenvalue weighted by Gasteiger charge is -2.33. The summed E-state index contributed by atoms with van der Waals surface area (Å²) in [6.07, 6.45) is -3.34. The van der Waals surface area contributed by atoms with Crippen LogP contribution < -0.4 is 5.32 Å². The van der Waals surface area contributed by atoms with Crippen LogP contribution in [0.15, 0.2) is 4.52 Å². The van der Waals surface area contributed by atoms with Crippen molar-refractivity contribution in [1.29, 1.82) is 0 Å². The highest BCUT2D eigenvalue weighted by atomic mass is 19.4. The standard InChI is InChI=1S/C13H19F3N4O2/c1-8(12-18-9(2)19-22-12)20-5-3-10(4-6-20)11(21)17-7-13(14,15)16/h8,10H,3-7H2,1-2H3,(H,17,21). The number of hydrogen-bond donors (Lipinski definition) is 1. The van der Waals surface area contributed by atoms with Crippen molar-refractivity contribution in [2.24, 2.45) is 5.92 Å². The molecule has 1 amide bonds. The number of aromatic nitrogens is 2. The van der Waals surface area contributed by atoms with Crippen LogP contribution in [-0.4, -0.2) is 46.8 Å². The topological polar surface area (TPSA) is 71.3 Å². The van der Waals surface area contributed by atoms with Crippen molar-refractivity contribution in [3.05, 3.63) is 11.7 Å². The second kappa shape index (κ2) is 6.64. The summed E-state index contributed by atoms with van der Waals surface area (Å²) in [6.45, 7) is 3.59. The number of piperidine rings is 1. The van der Waals surface area contributed by atoms with Gasteiger partial charge in [0.15, 0.2) is 5.82 Å². The normalized spacial score (nSPS) is 19.1. The largest absolute Gasteiger partial charge is 0.405 e. The molecule has 1 aromatic rings. The fraction of sp³-hybridized carbons (Fsp3) is 0.769. The maximum absolute atomic E-state index is 12.1. The van der Waals surface area contributed by atoms with Gasteiger partial charge in [-0.3, -0.25) is 9.69 Å². The average molecular weight is 320 g/mol. The molecule has 2 heterocycles. The summed E-state index contributed by atoms with van der Waals surface area (Å²) in [6, 6.07) is -0.0691. The van der Waals surface area contributed by atoms with Gasteiger partial charge in [-0.25, -0.2) is 0 Å². The monoisotopic (exact) mass is 320 g/mol. The molecule has 9 heteroatoms. The van der Waals surface area contributed by atoms with E-state index in [9.17, 15) is 18.0 Å². The Hall–Kier alpha value is -1.64. The first-order valence-electron chi connectivity index (χ1n) is 7.15. The van der Waals surface area contributed by atoms with Crippen molar-refractivity contribution in [2.75, 3.05) is 19.6 Å². The first-order valence-corrected chi connectivity index (χ1v) is 7.15. The highest BCUT2D eigenvalue weighted by molar-refractivity contribution is 5.78. The summed E-state index contributed by atoms with van der Waals surface area (Å²) in [5.41, 5.74) is 0. The summed E-state index contributed by atoms with van der Waals surface area (Å²) in [5, 5.41) is 5.69. The van der Waals surface area contributed by atoms with Crippen molar-refractivity contribution in [2.45, 2.75) is 38.9 Å². The van der Waals surface area contributed by atoms with Crippen molar-refractivity contribution in [1.82, 2.24) is 20.4 Å². The minimum atomic E-state index is -4.37. The molecule has 1 atom stereocenters. The predicted octanol–water partition coefficient (Wildman–Crippen LogP) is 1.83. The zero-order chi connectivity index (χ0) is 16.3. The van der Waals surface area contributed by atoms with Gasteiger partial charge in [-0.2, -0.15) is 18.2 Å². The van der Waals surface area contributed by atoms with E-state index in [1.54, 1.807) is 6.92 Å². The van der Waals surface area contributed by atoms with Gasteiger partial charge in [0, 0.05) is 5.92 Å². The molecule has 0 aliphatic carbocycles. The lowest BCUT2D eigenvalue weighted by atomic mass is 9.95. The third-order valence-corrected chi connectivity index (χ3v) is 3.81. The average Bonchev–Trinajstić information content (AvgIpc) is 2.90. The van der Waals surface area contributed by atoms with Crippen LogP contribution in [0.3, 0.4) is 0 Å². The molecule has 1 aliphatic rings. The molecule has 22 heavy (non-hydrogen) atoms. The van der Waals surface area contributed by atoms with Crippen molar-refractivity contribution < 1.29 is 22.5 Å². The number of amides is 1. The quantitative estimate of drug-likeness (QED) is 0.916. The van der Waals surface area contributed by atoms with Crippen molar-refractivity contribution in [3.8, 4) is 0 Å².